The van der Waals surface area contributed by atoms with Crippen molar-refractivity contribution in [1.82, 2.24) is 5.32 Å². The lowest BCUT2D eigenvalue weighted by Crippen LogP contribution is -2.28. The molecule has 1 N–H and O–H groups in total. The van der Waals surface area contributed by atoms with Crippen LogP contribution in [0.1, 0.15) is 25.0 Å². The van der Waals surface area contributed by atoms with Crippen LogP contribution in [0.3, 0.4) is 0 Å². The molecule has 0 aliphatic carbocycles. The van der Waals surface area contributed by atoms with Gasteiger partial charge in [-0.25, -0.2) is 8.42 Å². The zero-order valence-corrected chi connectivity index (χ0v) is 12.3. The van der Waals surface area contributed by atoms with Crippen molar-refractivity contribution >= 4 is 9.84 Å². The Hall–Kier alpha value is -0.870. The summed E-state index contributed by atoms with van der Waals surface area (Å²) in [5.41, 5.74) is 2.60. The molecule has 0 aliphatic heterocycles. The normalized spacial score (nSPS) is 12.0. The summed E-state index contributed by atoms with van der Waals surface area (Å²) in [6.45, 7) is 6.90. The SMILES string of the molecule is Cc1ccccc1CCNCCS(=O)(=O)C(C)C. The summed E-state index contributed by atoms with van der Waals surface area (Å²) in [5, 5.41) is 2.91. The fourth-order valence-corrected chi connectivity index (χ4v) is 2.59. The van der Waals surface area contributed by atoms with Gasteiger partial charge in [0, 0.05) is 6.54 Å². The van der Waals surface area contributed by atoms with E-state index in [1.165, 1.54) is 11.1 Å². The van der Waals surface area contributed by atoms with Gasteiger partial charge in [-0.05, 0) is 44.9 Å². The summed E-state index contributed by atoms with van der Waals surface area (Å²) in [6.07, 6.45) is 0.939. The zero-order valence-electron chi connectivity index (χ0n) is 11.4. The van der Waals surface area contributed by atoms with Gasteiger partial charge in [0.25, 0.3) is 0 Å². The maximum absolute atomic E-state index is 11.6. The van der Waals surface area contributed by atoms with Crippen LogP contribution in [0.25, 0.3) is 0 Å². The van der Waals surface area contributed by atoms with Gasteiger partial charge in [0.15, 0.2) is 9.84 Å². The highest BCUT2D eigenvalue weighted by Gasteiger charge is 2.14. The fraction of sp³-hybridized carbons (Fsp3) is 0.571. The molecule has 0 unspecified atom stereocenters. The van der Waals surface area contributed by atoms with Gasteiger partial charge in [-0.1, -0.05) is 24.3 Å². The molecule has 0 saturated carbocycles. The van der Waals surface area contributed by atoms with Gasteiger partial charge >= 0.3 is 0 Å². The average molecular weight is 269 g/mol. The Morgan fingerprint density at radius 1 is 1.17 bits per heavy atom. The lowest BCUT2D eigenvalue weighted by atomic mass is 10.1. The van der Waals surface area contributed by atoms with Gasteiger partial charge in [-0.3, -0.25) is 0 Å². The van der Waals surface area contributed by atoms with Gasteiger partial charge in [0.2, 0.25) is 0 Å². The third-order valence-electron chi connectivity index (χ3n) is 3.11. The first-order chi connectivity index (χ1) is 8.43. The summed E-state index contributed by atoms with van der Waals surface area (Å²) < 4.78 is 23.2. The van der Waals surface area contributed by atoms with E-state index in [2.05, 4.69) is 24.4 Å². The first kappa shape index (κ1) is 15.2. The molecule has 0 fully saturated rings. The van der Waals surface area contributed by atoms with Crippen molar-refractivity contribution in [1.29, 1.82) is 0 Å². The van der Waals surface area contributed by atoms with E-state index in [9.17, 15) is 8.42 Å². The van der Waals surface area contributed by atoms with Gasteiger partial charge in [-0.2, -0.15) is 0 Å². The smallest absolute Gasteiger partial charge is 0.153 e. The van der Waals surface area contributed by atoms with Crippen LogP contribution in [0, 0.1) is 6.92 Å². The van der Waals surface area contributed by atoms with E-state index in [1.54, 1.807) is 13.8 Å². The summed E-state index contributed by atoms with van der Waals surface area (Å²) in [5.74, 6) is 0.221. The molecule has 0 aromatic heterocycles. The number of sulfone groups is 1. The molecule has 0 aliphatic rings. The first-order valence-electron chi connectivity index (χ1n) is 6.40. The number of hydrogen-bond donors (Lipinski definition) is 1. The van der Waals surface area contributed by atoms with Crippen LogP contribution in [0.5, 0.6) is 0 Å². The predicted molar refractivity (Wildman–Crippen MR) is 76.7 cm³/mol. The second-order valence-corrected chi connectivity index (χ2v) is 7.52. The number of nitrogens with one attached hydrogen (secondary N) is 1. The van der Waals surface area contributed by atoms with E-state index in [1.807, 2.05) is 12.1 Å². The summed E-state index contributed by atoms with van der Waals surface area (Å²) in [4.78, 5) is 0. The van der Waals surface area contributed by atoms with Gasteiger partial charge in [0.1, 0.15) is 0 Å². The molecule has 1 aromatic rings. The van der Waals surface area contributed by atoms with Crippen molar-refractivity contribution in [3.63, 3.8) is 0 Å². The highest BCUT2D eigenvalue weighted by molar-refractivity contribution is 7.92. The lowest BCUT2D eigenvalue weighted by Gasteiger charge is -2.09. The summed E-state index contributed by atoms with van der Waals surface area (Å²) >= 11 is 0. The zero-order chi connectivity index (χ0) is 13.6. The quantitative estimate of drug-likeness (QED) is 0.770. The topological polar surface area (TPSA) is 46.2 Å². The molecule has 3 nitrogen and oxygen atoms in total. The van der Waals surface area contributed by atoms with E-state index in [-0.39, 0.29) is 11.0 Å². The van der Waals surface area contributed by atoms with Crippen LogP contribution in [-0.4, -0.2) is 32.5 Å². The first-order valence-corrected chi connectivity index (χ1v) is 8.12. The molecule has 102 valence electrons. The maximum Gasteiger partial charge on any atom is 0.153 e. The lowest BCUT2D eigenvalue weighted by molar-refractivity contribution is 0.582. The van der Waals surface area contributed by atoms with Crippen molar-refractivity contribution in [3.05, 3.63) is 35.4 Å². The van der Waals surface area contributed by atoms with E-state index in [0.717, 1.165) is 13.0 Å². The molecule has 0 heterocycles. The van der Waals surface area contributed by atoms with Crippen LogP contribution in [-0.2, 0) is 16.3 Å². The minimum Gasteiger partial charge on any atom is -0.315 e. The Balaban J connectivity index is 2.26. The van der Waals surface area contributed by atoms with E-state index in [4.69, 9.17) is 0 Å². The van der Waals surface area contributed by atoms with Gasteiger partial charge in [0.05, 0.1) is 11.0 Å². The van der Waals surface area contributed by atoms with Crippen molar-refractivity contribution in [2.75, 3.05) is 18.8 Å². The molecular weight excluding hydrogens is 246 g/mol. The minimum atomic E-state index is -2.91. The Morgan fingerprint density at radius 3 is 2.44 bits per heavy atom. The third kappa shape index (κ3) is 4.78. The monoisotopic (exact) mass is 269 g/mol. The van der Waals surface area contributed by atoms with Crippen LogP contribution < -0.4 is 5.32 Å². The summed E-state index contributed by atoms with van der Waals surface area (Å²) in [6, 6.07) is 8.27. The minimum absolute atomic E-state index is 0.221. The van der Waals surface area contributed by atoms with Crippen molar-refractivity contribution in [2.45, 2.75) is 32.4 Å². The molecule has 0 spiro atoms. The molecule has 1 rings (SSSR count). The maximum atomic E-state index is 11.6. The molecule has 4 heteroatoms. The average Bonchev–Trinajstić information content (AvgIpc) is 2.30. The Labute approximate surface area is 111 Å². The number of aryl methyl sites for hydroxylation is 1. The molecule has 0 radical (unpaired) electrons. The molecule has 0 amide bonds. The Morgan fingerprint density at radius 2 is 1.83 bits per heavy atom. The van der Waals surface area contributed by atoms with Crippen LogP contribution in [0.2, 0.25) is 0 Å². The van der Waals surface area contributed by atoms with Gasteiger partial charge in [-0.15, -0.1) is 0 Å². The van der Waals surface area contributed by atoms with Crippen molar-refractivity contribution in [3.8, 4) is 0 Å². The second-order valence-electron chi connectivity index (χ2n) is 4.84. The largest absolute Gasteiger partial charge is 0.315 e. The van der Waals surface area contributed by atoms with Crippen LogP contribution >= 0.6 is 0 Å². The van der Waals surface area contributed by atoms with Crippen molar-refractivity contribution < 1.29 is 8.42 Å². The van der Waals surface area contributed by atoms with Crippen molar-refractivity contribution in [2.24, 2.45) is 0 Å². The molecule has 18 heavy (non-hydrogen) atoms. The highest BCUT2D eigenvalue weighted by atomic mass is 32.2. The predicted octanol–water partition coefficient (Wildman–Crippen LogP) is 1.95. The third-order valence-corrected chi connectivity index (χ3v) is 5.32. The molecule has 0 bridgehead atoms. The molecule has 1 aromatic carbocycles. The van der Waals surface area contributed by atoms with E-state index < -0.39 is 9.84 Å². The standard InChI is InChI=1S/C14H23NO2S/c1-12(2)18(16,17)11-10-15-9-8-14-7-5-4-6-13(14)3/h4-7,12,15H,8-11H2,1-3H3. The van der Waals surface area contributed by atoms with E-state index >= 15 is 0 Å². The highest BCUT2D eigenvalue weighted by Crippen LogP contribution is 2.06. The molecule has 0 saturated heterocycles. The number of hydrogen-bond acceptors (Lipinski definition) is 3. The molecular formula is C14H23NO2S. The second kappa shape index (κ2) is 6.90. The van der Waals surface area contributed by atoms with E-state index in [0.29, 0.717) is 6.54 Å². The van der Waals surface area contributed by atoms with Gasteiger partial charge < -0.3 is 5.32 Å². The molecule has 0 atom stereocenters. The number of benzene rings is 1. The number of rotatable bonds is 7. The summed E-state index contributed by atoms with van der Waals surface area (Å²) in [7, 11) is -2.91. The van der Waals surface area contributed by atoms with Crippen LogP contribution in [0.15, 0.2) is 24.3 Å². The van der Waals surface area contributed by atoms with Crippen LogP contribution in [0.4, 0.5) is 0 Å². The Bertz CT molecular complexity index is 466. The Kier molecular flexibility index (Phi) is 5.82. The fourth-order valence-electron chi connectivity index (χ4n) is 1.69.